The van der Waals surface area contributed by atoms with Crippen molar-refractivity contribution in [2.45, 2.75) is 5.33 Å². The molecule has 0 aliphatic carbocycles. The van der Waals surface area contributed by atoms with Crippen LogP contribution < -0.4 is 0 Å². The molecule has 0 aromatic heterocycles. The predicted molar refractivity (Wildman–Crippen MR) is 64.4 cm³/mol. The van der Waals surface area contributed by atoms with Gasteiger partial charge in [0.25, 0.3) is 0 Å². The van der Waals surface area contributed by atoms with Crippen molar-refractivity contribution in [3.63, 3.8) is 0 Å². The van der Waals surface area contributed by atoms with Gasteiger partial charge in [0.2, 0.25) is 0 Å². The quantitative estimate of drug-likeness (QED) is 0.710. The first kappa shape index (κ1) is 11.3. The average molecular weight is 283 g/mol. The predicted octanol–water partition coefficient (Wildman–Crippen LogP) is 4.53. The first-order valence-electron chi connectivity index (χ1n) is 4.81. The fourth-order valence-electron chi connectivity index (χ4n) is 1.53. The molecular formula is C13H9BrF2. The number of benzene rings is 2. The van der Waals surface area contributed by atoms with E-state index in [1.807, 2.05) is 12.1 Å². The van der Waals surface area contributed by atoms with Crippen molar-refractivity contribution in [3.8, 4) is 11.1 Å². The molecule has 0 heterocycles. The third-order valence-electron chi connectivity index (χ3n) is 2.36. The van der Waals surface area contributed by atoms with Crippen LogP contribution in [0.1, 0.15) is 5.56 Å². The highest BCUT2D eigenvalue weighted by atomic mass is 79.9. The van der Waals surface area contributed by atoms with Gasteiger partial charge >= 0.3 is 0 Å². The van der Waals surface area contributed by atoms with Gasteiger partial charge in [0.1, 0.15) is 11.6 Å². The third-order valence-corrected chi connectivity index (χ3v) is 3.01. The van der Waals surface area contributed by atoms with Crippen molar-refractivity contribution >= 4 is 15.9 Å². The Morgan fingerprint density at radius 3 is 1.94 bits per heavy atom. The van der Waals surface area contributed by atoms with Gasteiger partial charge in [-0.1, -0.05) is 46.3 Å². The zero-order chi connectivity index (χ0) is 11.5. The van der Waals surface area contributed by atoms with Gasteiger partial charge in [-0.05, 0) is 23.3 Å². The summed E-state index contributed by atoms with van der Waals surface area (Å²) in [6, 6.07) is 11.0. The van der Waals surface area contributed by atoms with E-state index in [0.717, 1.165) is 10.9 Å². The Balaban J connectivity index is 2.50. The summed E-state index contributed by atoms with van der Waals surface area (Å²) >= 11 is 3.32. The number of hydrogen-bond donors (Lipinski definition) is 0. The summed E-state index contributed by atoms with van der Waals surface area (Å²) in [4.78, 5) is 0. The molecule has 0 amide bonds. The molecule has 16 heavy (non-hydrogen) atoms. The molecule has 0 radical (unpaired) electrons. The summed E-state index contributed by atoms with van der Waals surface area (Å²) in [6.07, 6.45) is 0. The summed E-state index contributed by atoms with van der Waals surface area (Å²) in [5.74, 6) is -1.07. The topological polar surface area (TPSA) is 0 Å². The first-order valence-corrected chi connectivity index (χ1v) is 5.94. The van der Waals surface area contributed by atoms with Crippen molar-refractivity contribution in [2.24, 2.45) is 0 Å². The van der Waals surface area contributed by atoms with Crippen LogP contribution in [0.5, 0.6) is 0 Å². The van der Waals surface area contributed by atoms with Gasteiger partial charge in [0.05, 0.1) is 5.56 Å². The Hall–Kier alpha value is -1.22. The van der Waals surface area contributed by atoms with E-state index in [1.165, 1.54) is 18.2 Å². The molecule has 2 aromatic carbocycles. The van der Waals surface area contributed by atoms with E-state index in [9.17, 15) is 8.78 Å². The lowest BCUT2D eigenvalue weighted by atomic mass is 10.0. The summed E-state index contributed by atoms with van der Waals surface area (Å²) in [5.41, 5.74) is 1.66. The lowest BCUT2D eigenvalue weighted by molar-refractivity contribution is 0.589. The van der Waals surface area contributed by atoms with Crippen LogP contribution in [0.2, 0.25) is 0 Å². The van der Waals surface area contributed by atoms with Crippen molar-refractivity contribution in [2.75, 3.05) is 0 Å². The van der Waals surface area contributed by atoms with Crippen LogP contribution >= 0.6 is 15.9 Å². The minimum absolute atomic E-state index is 0.0311. The van der Waals surface area contributed by atoms with Crippen LogP contribution in [0.15, 0.2) is 42.5 Å². The molecule has 2 rings (SSSR count). The van der Waals surface area contributed by atoms with Crippen molar-refractivity contribution in [1.29, 1.82) is 0 Å². The smallest absolute Gasteiger partial charge is 0.133 e. The Morgan fingerprint density at radius 2 is 1.44 bits per heavy atom. The monoisotopic (exact) mass is 282 g/mol. The zero-order valence-corrected chi connectivity index (χ0v) is 9.97. The Morgan fingerprint density at radius 1 is 0.875 bits per heavy atom. The lowest BCUT2D eigenvalue weighted by Crippen LogP contribution is -1.89. The molecule has 0 fully saturated rings. The van der Waals surface area contributed by atoms with E-state index in [0.29, 0.717) is 5.56 Å². The Labute approximate surface area is 101 Å². The van der Waals surface area contributed by atoms with E-state index in [1.54, 1.807) is 12.1 Å². The molecule has 0 nitrogen and oxygen atoms in total. The summed E-state index contributed by atoms with van der Waals surface area (Å²) in [7, 11) is 0. The molecule has 0 atom stereocenters. The van der Waals surface area contributed by atoms with Gasteiger partial charge in [-0.25, -0.2) is 8.78 Å². The maximum Gasteiger partial charge on any atom is 0.133 e. The van der Waals surface area contributed by atoms with E-state index in [2.05, 4.69) is 15.9 Å². The van der Waals surface area contributed by atoms with E-state index in [4.69, 9.17) is 0 Å². The lowest BCUT2D eigenvalue weighted by Gasteiger charge is -2.05. The minimum atomic E-state index is -0.536. The van der Waals surface area contributed by atoms with Crippen LogP contribution in [-0.2, 0) is 5.33 Å². The third kappa shape index (κ3) is 2.14. The maximum atomic E-state index is 13.5. The fraction of sp³-hybridized carbons (Fsp3) is 0.0769. The normalized spacial score (nSPS) is 10.4. The fourth-order valence-corrected chi connectivity index (χ4v) is 1.91. The van der Waals surface area contributed by atoms with E-state index >= 15 is 0 Å². The molecular weight excluding hydrogens is 274 g/mol. The molecule has 2 aromatic rings. The standard InChI is InChI=1S/C13H9BrF2/c14-8-9-4-6-10(7-5-9)13-11(15)2-1-3-12(13)16/h1-7H,8H2. The second kappa shape index (κ2) is 4.74. The van der Waals surface area contributed by atoms with Crippen LogP contribution in [0.4, 0.5) is 8.78 Å². The van der Waals surface area contributed by atoms with Crippen LogP contribution in [-0.4, -0.2) is 0 Å². The van der Waals surface area contributed by atoms with Crippen molar-refractivity contribution in [3.05, 3.63) is 59.7 Å². The highest BCUT2D eigenvalue weighted by Gasteiger charge is 2.10. The maximum absolute atomic E-state index is 13.5. The highest BCUT2D eigenvalue weighted by Crippen LogP contribution is 2.26. The summed E-state index contributed by atoms with van der Waals surface area (Å²) < 4.78 is 26.9. The molecule has 0 N–H and O–H groups in total. The Bertz CT molecular complexity index is 472. The largest absolute Gasteiger partial charge is 0.206 e. The van der Waals surface area contributed by atoms with E-state index < -0.39 is 11.6 Å². The second-order valence-corrected chi connectivity index (χ2v) is 3.99. The van der Waals surface area contributed by atoms with Crippen molar-refractivity contribution in [1.82, 2.24) is 0 Å². The molecule has 0 saturated carbocycles. The van der Waals surface area contributed by atoms with Gasteiger partial charge in [-0.2, -0.15) is 0 Å². The number of hydrogen-bond acceptors (Lipinski definition) is 0. The number of alkyl halides is 1. The summed E-state index contributed by atoms with van der Waals surface area (Å²) in [5, 5.41) is 0.729. The SMILES string of the molecule is Fc1cccc(F)c1-c1ccc(CBr)cc1. The summed E-state index contributed by atoms with van der Waals surface area (Å²) in [6.45, 7) is 0. The molecule has 0 aliphatic heterocycles. The van der Waals surface area contributed by atoms with Gasteiger partial charge in [0, 0.05) is 5.33 Å². The average Bonchev–Trinajstić information content (AvgIpc) is 2.30. The first-order chi connectivity index (χ1) is 7.72. The van der Waals surface area contributed by atoms with Gasteiger partial charge in [-0.3, -0.25) is 0 Å². The zero-order valence-electron chi connectivity index (χ0n) is 8.38. The number of rotatable bonds is 2. The molecule has 0 aliphatic rings. The highest BCUT2D eigenvalue weighted by molar-refractivity contribution is 9.08. The van der Waals surface area contributed by atoms with Crippen LogP contribution in [0, 0.1) is 11.6 Å². The van der Waals surface area contributed by atoms with Gasteiger partial charge in [-0.15, -0.1) is 0 Å². The Kier molecular flexibility index (Phi) is 3.34. The molecule has 0 unspecified atom stereocenters. The minimum Gasteiger partial charge on any atom is -0.206 e. The van der Waals surface area contributed by atoms with Crippen molar-refractivity contribution < 1.29 is 8.78 Å². The number of halogens is 3. The van der Waals surface area contributed by atoms with Gasteiger partial charge < -0.3 is 0 Å². The molecule has 0 saturated heterocycles. The molecule has 0 bridgehead atoms. The molecule has 3 heteroatoms. The van der Waals surface area contributed by atoms with Gasteiger partial charge in [0.15, 0.2) is 0 Å². The molecule has 82 valence electrons. The van der Waals surface area contributed by atoms with E-state index in [-0.39, 0.29) is 5.56 Å². The van der Waals surface area contributed by atoms with Crippen LogP contribution in [0.3, 0.4) is 0 Å². The molecule has 0 spiro atoms. The second-order valence-electron chi connectivity index (χ2n) is 3.43. The van der Waals surface area contributed by atoms with Crippen LogP contribution in [0.25, 0.3) is 11.1 Å².